The lowest BCUT2D eigenvalue weighted by molar-refractivity contribution is 0.372. The monoisotopic (exact) mass is 223 g/mol. The standard InChI is InChI=1S/C10H13N3OS/c11-5-1-4-10-12-9(13-14-10)7-8-3-2-6-15-8/h2-3,6H,1,4-5,7,11H2. The van der Waals surface area contributed by atoms with Crippen LogP contribution in [0.25, 0.3) is 0 Å². The average Bonchev–Trinajstić information content (AvgIpc) is 2.87. The Morgan fingerprint density at radius 3 is 3.13 bits per heavy atom. The van der Waals surface area contributed by atoms with Crippen molar-refractivity contribution in [3.63, 3.8) is 0 Å². The Balaban J connectivity index is 1.95. The third-order valence-electron chi connectivity index (χ3n) is 2.02. The second-order valence-corrected chi connectivity index (χ2v) is 4.28. The van der Waals surface area contributed by atoms with Crippen molar-refractivity contribution in [1.29, 1.82) is 0 Å². The van der Waals surface area contributed by atoms with E-state index in [0.717, 1.165) is 25.1 Å². The predicted molar refractivity (Wildman–Crippen MR) is 58.8 cm³/mol. The summed E-state index contributed by atoms with van der Waals surface area (Å²) in [5, 5.41) is 5.97. The number of rotatable bonds is 5. The van der Waals surface area contributed by atoms with E-state index in [9.17, 15) is 0 Å². The van der Waals surface area contributed by atoms with Crippen molar-refractivity contribution < 1.29 is 4.52 Å². The minimum atomic E-state index is 0.655. The highest BCUT2D eigenvalue weighted by atomic mass is 32.1. The summed E-state index contributed by atoms with van der Waals surface area (Å²) >= 11 is 1.70. The third-order valence-corrected chi connectivity index (χ3v) is 2.89. The molecule has 15 heavy (non-hydrogen) atoms. The SMILES string of the molecule is NCCCc1nc(Cc2cccs2)no1. The molecule has 2 rings (SSSR count). The lowest BCUT2D eigenvalue weighted by Crippen LogP contribution is -2.00. The summed E-state index contributed by atoms with van der Waals surface area (Å²) in [5.41, 5.74) is 5.40. The average molecular weight is 223 g/mol. The molecule has 0 aliphatic rings. The van der Waals surface area contributed by atoms with Crippen LogP contribution in [0.3, 0.4) is 0 Å². The van der Waals surface area contributed by atoms with E-state index in [0.29, 0.717) is 12.4 Å². The minimum absolute atomic E-state index is 0.655. The zero-order valence-electron chi connectivity index (χ0n) is 8.35. The number of aromatic nitrogens is 2. The van der Waals surface area contributed by atoms with Gasteiger partial charge in [0, 0.05) is 17.7 Å². The molecule has 0 amide bonds. The molecule has 0 aliphatic heterocycles. The van der Waals surface area contributed by atoms with Gasteiger partial charge in [-0.25, -0.2) is 0 Å². The topological polar surface area (TPSA) is 64.9 Å². The Morgan fingerprint density at radius 1 is 1.47 bits per heavy atom. The first-order valence-corrected chi connectivity index (χ1v) is 5.80. The number of thiophene rings is 1. The molecule has 0 aromatic carbocycles. The molecule has 80 valence electrons. The van der Waals surface area contributed by atoms with E-state index in [4.69, 9.17) is 10.3 Å². The third kappa shape index (κ3) is 2.87. The van der Waals surface area contributed by atoms with Gasteiger partial charge in [-0.1, -0.05) is 11.2 Å². The Bertz CT molecular complexity index is 396. The van der Waals surface area contributed by atoms with Gasteiger partial charge in [0.05, 0.1) is 0 Å². The highest BCUT2D eigenvalue weighted by Gasteiger charge is 2.06. The van der Waals surface area contributed by atoms with Crippen LogP contribution in [0.5, 0.6) is 0 Å². The summed E-state index contributed by atoms with van der Waals surface area (Å²) in [7, 11) is 0. The molecule has 0 spiro atoms. The number of nitrogens with two attached hydrogens (primary N) is 1. The van der Waals surface area contributed by atoms with Crippen LogP contribution in [0.2, 0.25) is 0 Å². The van der Waals surface area contributed by atoms with Gasteiger partial charge in [0.1, 0.15) is 0 Å². The zero-order chi connectivity index (χ0) is 10.5. The van der Waals surface area contributed by atoms with Crippen LogP contribution >= 0.6 is 11.3 Å². The second-order valence-electron chi connectivity index (χ2n) is 3.25. The van der Waals surface area contributed by atoms with Crippen molar-refractivity contribution >= 4 is 11.3 Å². The normalized spacial score (nSPS) is 10.7. The minimum Gasteiger partial charge on any atom is -0.339 e. The fraction of sp³-hybridized carbons (Fsp3) is 0.400. The molecule has 2 aromatic heterocycles. The van der Waals surface area contributed by atoms with Crippen LogP contribution in [0.1, 0.15) is 23.0 Å². The zero-order valence-corrected chi connectivity index (χ0v) is 9.17. The van der Waals surface area contributed by atoms with E-state index in [1.807, 2.05) is 11.4 Å². The fourth-order valence-corrected chi connectivity index (χ4v) is 1.99. The van der Waals surface area contributed by atoms with Gasteiger partial charge >= 0.3 is 0 Å². The van der Waals surface area contributed by atoms with Crippen molar-refractivity contribution in [3.05, 3.63) is 34.1 Å². The summed E-state index contributed by atoms with van der Waals surface area (Å²) in [5.74, 6) is 1.44. The smallest absolute Gasteiger partial charge is 0.226 e. The largest absolute Gasteiger partial charge is 0.339 e. The van der Waals surface area contributed by atoms with E-state index >= 15 is 0 Å². The lowest BCUT2D eigenvalue weighted by Gasteiger charge is -1.89. The molecule has 0 fully saturated rings. The number of hydrogen-bond donors (Lipinski definition) is 1. The van der Waals surface area contributed by atoms with Crippen LogP contribution in [-0.2, 0) is 12.8 Å². The van der Waals surface area contributed by atoms with Crippen LogP contribution < -0.4 is 5.73 Å². The first kappa shape index (κ1) is 10.3. The van der Waals surface area contributed by atoms with E-state index in [-0.39, 0.29) is 0 Å². The molecule has 5 heteroatoms. The molecule has 0 radical (unpaired) electrons. The first-order valence-electron chi connectivity index (χ1n) is 4.92. The van der Waals surface area contributed by atoms with Crippen molar-refractivity contribution in [1.82, 2.24) is 10.1 Å². The molecule has 2 N–H and O–H groups in total. The lowest BCUT2D eigenvalue weighted by atomic mass is 10.3. The maximum Gasteiger partial charge on any atom is 0.226 e. The summed E-state index contributed by atoms with van der Waals surface area (Å²) in [6.45, 7) is 0.655. The molecule has 0 saturated carbocycles. The summed E-state index contributed by atoms with van der Waals surface area (Å²) in [6.07, 6.45) is 2.42. The van der Waals surface area contributed by atoms with Crippen molar-refractivity contribution in [2.24, 2.45) is 5.73 Å². The Kier molecular flexibility index (Phi) is 3.47. The van der Waals surface area contributed by atoms with Crippen LogP contribution in [-0.4, -0.2) is 16.7 Å². The van der Waals surface area contributed by atoms with Crippen LogP contribution in [0, 0.1) is 0 Å². The number of hydrogen-bond acceptors (Lipinski definition) is 5. The quantitative estimate of drug-likeness (QED) is 0.836. The van der Waals surface area contributed by atoms with Crippen molar-refractivity contribution in [2.75, 3.05) is 6.54 Å². The highest BCUT2D eigenvalue weighted by molar-refractivity contribution is 7.09. The van der Waals surface area contributed by atoms with Gasteiger partial charge in [0.2, 0.25) is 5.89 Å². The van der Waals surface area contributed by atoms with Gasteiger partial charge in [-0.3, -0.25) is 0 Å². The Hall–Kier alpha value is -1.20. The molecule has 4 nitrogen and oxygen atoms in total. The Labute approximate surface area is 92.1 Å². The van der Waals surface area contributed by atoms with Gasteiger partial charge in [0.25, 0.3) is 0 Å². The summed E-state index contributed by atoms with van der Waals surface area (Å²) in [4.78, 5) is 5.55. The molecule has 0 unspecified atom stereocenters. The molecule has 2 heterocycles. The van der Waals surface area contributed by atoms with Crippen LogP contribution in [0.4, 0.5) is 0 Å². The molecule has 2 aromatic rings. The van der Waals surface area contributed by atoms with E-state index in [2.05, 4.69) is 16.2 Å². The molecule has 0 bridgehead atoms. The maximum absolute atomic E-state index is 5.40. The molecular formula is C10H13N3OS. The second kappa shape index (κ2) is 5.04. The summed E-state index contributed by atoms with van der Waals surface area (Å²) in [6, 6.07) is 4.09. The van der Waals surface area contributed by atoms with Crippen LogP contribution in [0.15, 0.2) is 22.0 Å². The van der Waals surface area contributed by atoms with E-state index in [1.54, 1.807) is 11.3 Å². The highest BCUT2D eigenvalue weighted by Crippen LogP contribution is 2.13. The molecule has 0 saturated heterocycles. The number of aryl methyl sites for hydroxylation is 1. The van der Waals surface area contributed by atoms with Gasteiger partial charge in [-0.2, -0.15) is 4.98 Å². The fourth-order valence-electron chi connectivity index (χ4n) is 1.29. The number of nitrogens with zero attached hydrogens (tertiary/aromatic N) is 2. The molecule has 0 atom stereocenters. The predicted octanol–water partition coefficient (Wildman–Crippen LogP) is 1.61. The summed E-state index contributed by atoms with van der Waals surface area (Å²) < 4.78 is 5.10. The molecular weight excluding hydrogens is 210 g/mol. The van der Waals surface area contributed by atoms with Gasteiger partial charge in [-0.15, -0.1) is 11.3 Å². The molecule has 0 aliphatic carbocycles. The van der Waals surface area contributed by atoms with Gasteiger partial charge in [-0.05, 0) is 24.4 Å². The first-order chi connectivity index (χ1) is 7.38. The maximum atomic E-state index is 5.40. The van der Waals surface area contributed by atoms with Crippen molar-refractivity contribution in [3.8, 4) is 0 Å². The van der Waals surface area contributed by atoms with E-state index in [1.165, 1.54) is 4.88 Å². The van der Waals surface area contributed by atoms with Crippen molar-refractivity contribution in [2.45, 2.75) is 19.3 Å². The Morgan fingerprint density at radius 2 is 2.40 bits per heavy atom. The van der Waals surface area contributed by atoms with Gasteiger partial charge < -0.3 is 10.3 Å². The van der Waals surface area contributed by atoms with E-state index < -0.39 is 0 Å². The van der Waals surface area contributed by atoms with Gasteiger partial charge in [0.15, 0.2) is 5.82 Å².